The molecule has 0 saturated carbocycles. The molecule has 29 heavy (non-hydrogen) atoms. The van der Waals surface area contributed by atoms with Crippen LogP contribution in [-0.4, -0.2) is 12.6 Å². The SMILES string of the molecule is C=C(C(=O)c1ccc(C#N)cc1)c1ccc(/C=C/c2ccc3c(c2)OCO3)cc1. The van der Waals surface area contributed by atoms with Crippen LogP contribution in [0.2, 0.25) is 0 Å². The van der Waals surface area contributed by atoms with Crippen molar-refractivity contribution in [2.45, 2.75) is 0 Å². The minimum atomic E-state index is -0.154. The van der Waals surface area contributed by atoms with E-state index in [0.717, 1.165) is 28.2 Å². The predicted octanol–water partition coefficient (Wildman–Crippen LogP) is 5.35. The summed E-state index contributed by atoms with van der Waals surface area (Å²) >= 11 is 0. The number of hydrogen-bond acceptors (Lipinski definition) is 4. The molecule has 0 spiro atoms. The van der Waals surface area contributed by atoms with Gasteiger partial charge in [-0.25, -0.2) is 0 Å². The molecule has 0 unspecified atom stereocenters. The molecule has 0 aromatic heterocycles. The number of nitrogens with zero attached hydrogens (tertiary/aromatic N) is 1. The van der Waals surface area contributed by atoms with Crippen molar-refractivity contribution in [3.63, 3.8) is 0 Å². The van der Waals surface area contributed by atoms with Crippen LogP contribution in [0, 0.1) is 11.3 Å². The van der Waals surface area contributed by atoms with Gasteiger partial charge in [0.1, 0.15) is 0 Å². The van der Waals surface area contributed by atoms with Gasteiger partial charge < -0.3 is 9.47 Å². The summed E-state index contributed by atoms with van der Waals surface area (Å²) < 4.78 is 10.7. The number of ether oxygens (including phenoxy) is 2. The quantitative estimate of drug-likeness (QED) is 0.340. The van der Waals surface area contributed by atoms with Crippen LogP contribution in [0.1, 0.15) is 32.6 Å². The van der Waals surface area contributed by atoms with Crippen LogP contribution >= 0.6 is 0 Å². The number of nitriles is 1. The fourth-order valence-electron chi connectivity index (χ4n) is 3.01. The Morgan fingerprint density at radius 2 is 1.48 bits per heavy atom. The monoisotopic (exact) mass is 379 g/mol. The highest BCUT2D eigenvalue weighted by Gasteiger charge is 2.13. The number of allylic oxidation sites excluding steroid dienone is 1. The lowest BCUT2D eigenvalue weighted by Crippen LogP contribution is -2.01. The third kappa shape index (κ3) is 3.95. The van der Waals surface area contributed by atoms with E-state index in [1.54, 1.807) is 24.3 Å². The number of fused-ring (bicyclic) bond motifs is 1. The fraction of sp³-hybridized carbons (Fsp3) is 0.0400. The molecule has 0 amide bonds. The molecule has 4 rings (SSSR count). The first kappa shape index (κ1) is 18.3. The standard InChI is InChI=1S/C25H17NO3/c1-17(25(27)22-11-6-20(15-26)7-12-22)21-9-4-18(5-10-21)2-3-19-8-13-23-24(14-19)29-16-28-23/h2-14H,1,16H2/b3-2+. The highest BCUT2D eigenvalue weighted by Crippen LogP contribution is 2.33. The molecule has 1 heterocycles. The Labute approximate surface area is 168 Å². The van der Waals surface area contributed by atoms with Crippen LogP contribution in [0.4, 0.5) is 0 Å². The van der Waals surface area contributed by atoms with Gasteiger partial charge >= 0.3 is 0 Å². The molecule has 1 aliphatic heterocycles. The van der Waals surface area contributed by atoms with E-state index >= 15 is 0 Å². The second-order valence-electron chi connectivity index (χ2n) is 6.56. The molecule has 3 aromatic carbocycles. The smallest absolute Gasteiger partial charge is 0.231 e. The molecule has 0 saturated heterocycles. The number of benzene rings is 3. The highest BCUT2D eigenvalue weighted by molar-refractivity contribution is 6.28. The zero-order valence-electron chi connectivity index (χ0n) is 15.6. The average molecular weight is 379 g/mol. The number of ketones is 1. The second-order valence-corrected chi connectivity index (χ2v) is 6.56. The lowest BCUT2D eigenvalue weighted by molar-refractivity contribution is 0.105. The van der Waals surface area contributed by atoms with Gasteiger partial charge in [-0.1, -0.05) is 49.1 Å². The van der Waals surface area contributed by atoms with Crippen molar-refractivity contribution in [3.05, 3.63) is 101 Å². The molecule has 0 bridgehead atoms. The first-order chi connectivity index (χ1) is 14.1. The van der Waals surface area contributed by atoms with E-state index in [9.17, 15) is 4.79 Å². The summed E-state index contributed by atoms with van der Waals surface area (Å²) in [6.07, 6.45) is 3.99. The van der Waals surface area contributed by atoms with Gasteiger partial charge in [-0.2, -0.15) is 5.26 Å². The van der Waals surface area contributed by atoms with Crippen LogP contribution in [-0.2, 0) is 0 Å². The zero-order chi connectivity index (χ0) is 20.2. The van der Waals surface area contributed by atoms with Crippen molar-refractivity contribution in [1.82, 2.24) is 0 Å². The third-order valence-corrected chi connectivity index (χ3v) is 4.67. The number of Topliss-reactive ketones (excluding diaryl/α,β-unsaturated/α-hetero) is 1. The second kappa shape index (κ2) is 7.87. The van der Waals surface area contributed by atoms with Gasteiger partial charge in [-0.15, -0.1) is 0 Å². The zero-order valence-corrected chi connectivity index (χ0v) is 15.6. The van der Waals surface area contributed by atoms with Gasteiger partial charge in [0.25, 0.3) is 0 Å². The van der Waals surface area contributed by atoms with Gasteiger partial charge in [-0.3, -0.25) is 4.79 Å². The van der Waals surface area contributed by atoms with E-state index in [-0.39, 0.29) is 12.6 Å². The molecule has 0 radical (unpaired) electrons. The lowest BCUT2D eigenvalue weighted by Gasteiger charge is -2.06. The summed E-state index contributed by atoms with van der Waals surface area (Å²) in [6, 6.07) is 22.0. The van der Waals surface area contributed by atoms with Crippen molar-refractivity contribution in [2.75, 3.05) is 6.79 Å². The summed E-state index contributed by atoms with van der Waals surface area (Å²) in [7, 11) is 0. The molecule has 1 aliphatic rings. The Kier molecular flexibility index (Phi) is 4.96. The summed E-state index contributed by atoms with van der Waals surface area (Å²) in [4.78, 5) is 12.6. The first-order valence-corrected chi connectivity index (χ1v) is 9.06. The van der Waals surface area contributed by atoms with Crippen LogP contribution in [0.5, 0.6) is 11.5 Å². The van der Waals surface area contributed by atoms with E-state index in [2.05, 4.69) is 6.58 Å². The summed E-state index contributed by atoms with van der Waals surface area (Å²) in [5, 5.41) is 8.87. The van der Waals surface area contributed by atoms with E-state index < -0.39 is 0 Å². The minimum Gasteiger partial charge on any atom is -0.454 e. The average Bonchev–Trinajstić information content (AvgIpc) is 3.25. The molecule has 0 N–H and O–H groups in total. The number of carbonyl (C=O) groups is 1. The Balaban J connectivity index is 1.46. The predicted molar refractivity (Wildman–Crippen MR) is 112 cm³/mol. The molecular weight excluding hydrogens is 362 g/mol. The highest BCUT2D eigenvalue weighted by atomic mass is 16.7. The maximum atomic E-state index is 12.6. The van der Waals surface area contributed by atoms with Gasteiger partial charge in [0.15, 0.2) is 17.3 Å². The van der Waals surface area contributed by atoms with Gasteiger partial charge in [0, 0.05) is 11.1 Å². The van der Waals surface area contributed by atoms with Crippen molar-refractivity contribution in [2.24, 2.45) is 0 Å². The Morgan fingerprint density at radius 3 is 2.21 bits per heavy atom. The molecule has 4 heteroatoms. The molecule has 4 nitrogen and oxygen atoms in total. The normalized spacial score (nSPS) is 12.0. The summed E-state index contributed by atoms with van der Waals surface area (Å²) in [6.45, 7) is 4.20. The Bertz CT molecular complexity index is 1150. The fourth-order valence-corrected chi connectivity index (χ4v) is 3.01. The molecule has 0 fully saturated rings. The van der Waals surface area contributed by atoms with Crippen LogP contribution in [0.15, 0.2) is 73.3 Å². The van der Waals surface area contributed by atoms with Crippen LogP contribution < -0.4 is 9.47 Å². The molecule has 0 aliphatic carbocycles. The number of rotatable bonds is 5. The maximum absolute atomic E-state index is 12.6. The van der Waals surface area contributed by atoms with E-state index in [0.29, 0.717) is 16.7 Å². The van der Waals surface area contributed by atoms with Crippen LogP contribution in [0.25, 0.3) is 17.7 Å². The van der Waals surface area contributed by atoms with E-state index in [4.69, 9.17) is 14.7 Å². The first-order valence-electron chi connectivity index (χ1n) is 9.06. The molecule has 0 atom stereocenters. The number of hydrogen-bond donors (Lipinski definition) is 0. The van der Waals surface area contributed by atoms with E-state index in [1.165, 1.54) is 0 Å². The van der Waals surface area contributed by atoms with Gasteiger partial charge in [-0.05, 0) is 53.1 Å². The van der Waals surface area contributed by atoms with Crippen LogP contribution in [0.3, 0.4) is 0 Å². The number of carbonyl (C=O) groups excluding carboxylic acids is 1. The van der Waals surface area contributed by atoms with Crippen molar-refractivity contribution >= 4 is 23.5 Å². The summed E-state index contributed by atoms with van der Waals surface area (Å²) in [5.41, 5.74) is 4.23. The molecule has 3 aromatic rings. The Hall–Kier alpha value is -4.10. The summed E-state index contributed by atoms with van der Waals surface area (Å²) in [5.74, 6) is 1.36. The minimum absolute atomic E-state index is 0.154. The lowest BCUT2D eigenvalue weighted by atomic mass is 9.97. The van der Waals surface area contributed by atoms with Gasteiger partial charge in [0.2, 0.25) is 6.79 Å². The molecular formula is C25H17NO3. The third-order valence-electron chi connectivity index (χ3n) is 4.67. The Morgan fingerprint density at radius 1 is 0.862 bits per heavy atom. The molecule has 140 valence electrons. The topological polar surface area (TPSA) is 59.3 Å². The van der Waals surface area contributed by atoms with Crippen molar-refractivity contribution in [3.8, 4) is 17.6 Å². The largest absolute Gasteiger partial charge is 0.454 e. The van der Waals surface area contributed by atoms with Gasteiger partial charge in [0.05, 0.1) is 11.6 Å². The maximum Gasteiger partial charge on any atom is 0.231 e. The van der Waals surface area contributed by atoms with Crippen molar-refractivity contribution in [1.29, 1.82) is 5.26 Å². The van der Waals surface area contributed by atoms with E-state index in [1.807, 2.05) is 60.7 Å². The van der Waals surface area contributed by atoms with Crippen molar-refractivity contribution < 1.29 is 14.3 Å².